The summed E-state index contributed by atoms with van der Waals surface area (Å²) in [6.07, 6.45) is 12.7. The molecular formula is C16H28N2S. The molecule has 0 aromatic carbocycles. The third-order valence-electron chi connectivity index (χ3n) is 4.34. The van der Waals surface area contributed by atoms with E-state index in [0.717, 1.165) is 19.6 Å². The summed E-state index contributed by atoms with van der Waals surface area (Å²) >= 11 is 2.08. The molecule has 1 aromatic rings. The van der Waals surface area contributed by atoms with Gasteiger partial charge >= 0.3 is 0 Å². The Hall–Kier alpha value is -0.410. The van der Waals surface area contributed by atoms with Crippen LogP contribution in [0.15, 0.2) is 18.3 Å². The summed E-state index contributed by atoms with van der Waals surface area (Å²) in [4.78, 5) is 0. The summed E-state index contributed by atoms with van der Waals surface area (Å²) < 4.78 is 2.88. The van der Waals surface area contributed by atoms with Crippen molar-refractivity contribution in [3.05, 3.63) is 24.0 Å². The SMILES string of the molecule is CCCn1cccc1CNCC1(SC)CCCCC1. The predicted molar refractivity (Wildman–Crippen MR) is 85.8 cm³/mol. The standard InChI is InChI=1S/C16H28N2S/c1-3-11-18-12-7-8-15(18)13-17-14-16(19-2)9-5-4-6-10-16/h7-8,12,17H,3-6,9-11,13-14H2,1-2H3. The molecule has 0 atom stereocenters. The van der Waals surface area contributed by atoms with Gasteiger partial charge in [-0.3, -0.25) is 0 Å². The van der Waals surface area contributed by atoms with E-state index >= 15 is 0 Å². The van der Waals surface area contributed by atoms with Crippen molar-refractivity contribution >= 4 is 11.8 Å². The molecule has 0 saturated heterocycles. The van der Waals surface area contributed by atoms with Gasteiger partial charge in [-0.1, -0.05) is 26.2 Å². The normalized spacial score (nSPS) is 18.6. The van der Waals surface area contributed by atoms with Crippen LogP contribution in [0.3, 0.4) is 0 Å². The van der Waals surface area contributed by atoms with Crippen LogP contribution in [0.4, 0.5) is 0 Å². The molecule has 0 unspecified atom stereocenters. The highest BCUT2D eigenvalue weighted by Gasteiger charge is 2.30. The highest BCUT2D eigenvalue weighted by atomic mass is 32.2. The Labute approximate surface area is 122 Å². The molecule has 1 aliphatic carbocycles. The van der Waals surface area contributed by atoms with Crippen molar-refractivity contribution in [3.63, 3.8) is 0 Å². The maximum Gasteiger partial charge on any atom is 0.0359 e. The van der Waals surface area contributed by atoms with Crippen LogP contribution in [0, 0.1) is 0 Å². The lowest BCUT2D eigenvalue weighted by Crippen LogP contribution is -2.39. The summed E-state index contributed by atoms with van der Waals surface area (Å²) in [5, 5.41) is 3.71. The number of aromatic nitrogens is 1. The molecule has 0 radical (unpaired) electrons. The average molecular weight is 280 g/mol. The monoisotopic (exact) mass is 280 g/mol. The Morgan fingerprint density at radius 1 is 1.32 bits per heavy atom. The molecule has 0 aliphatic heterocycles. The molecule has 1 aromatic heterocycles. The van der Waals surface area contributed by atoms with E-state index < -0.39 is 0 Å². The Kier molecular flexibility index (Phi) is 5.83. The number of rotatable bonds is 7. The zero-order valence-electron chi connectivity index (χ0n) is 12.5. The van der Waals surface area contributed by atoms with Crippen LogP contribution in [0.2, 0.25) is 0 Å². The van der Waals surface area contributed by atoms with Gasteiger partial charge in [-0.05, 0) is 37.7 Å². The molecule has 2 nitrogen and oxygen atoms in total. The van der Waals surface area contributed by atoms with Gasteiger partial charge in [-0.2, -0.15) is 11.8 Å². The minimum atomic E-state index is 0.500. The molecule has 1 fully saturated rings. The van der Waals surface area contributed by atoms with Crippen molar-refractivity contribution in [2.24, 2.45) is 0 Å². The van der Waals surface area contributed by atoms with Crippen LogP contribution in [0.1, 0.15) is 51.1 Å². The van der Waals surface area contributed by atoms with Crippen molar-refractivity contribution in [3.8, 4) is 0 Å². The molecule has 3 heteroatoms. The predicted octanol–water partition coefficient (Wildman–Crippen LogP) is 4.05. The number of hydrogen-bond donors (Lipinski definition) is 1. The fourth-order valence-electron chi connectivity index (χ4n) is 3.14. The zero-order chi connectivity index (χ0) is 13.6. The Morgan fingerprint density at radius 3 is 2.79 bits per heavy atom. The van der Waals surface area contributed by atoms with Crippen LogP contribution in [0.5, 0.6) is 0 Å². The Balaban J connectivity index is 1.83. The first kappa shape index (κ1) is 15.0. The third kappa shape index (κ3) is 4.03. The number of nitrogens with zero attached hydrogens (tertiary/aromatic N) is 1. The van der Waals surface area contributed by atoms with Gasteiger partial charge in [0.25, 0.3) is 0 Å². The molecule has 0 amide bonds. The van der Waals surface area contributed by atoms with Crippen molar-refractivity contribution < 1.29 is 0 Å². The molecule has 108 valence electrons. The van der Waals surface area contributed by atoms with Crippen LogP contribution in [0.25, 0.3) is 0 Å². The summed E-state index contributed by atoms with van der Waals surface area (Å²) in [5.41, 5.74) is 1.42. The van der Waals surface area contributed by atoms with Gasteiger partial charge in [0.2, 0.25) is 0 Å². The number of nitrogens with one attached hydrogen (secondary N) is 1. The average Bonchev–Trinajstić information content (AvgIpc) is 2.88. The van der Waals surface area contributed by atoms with Gasteiger partial charge in [0.15, 0.2) is 0 Å². The van der Waals surface area contributed by atoms with Crippen LogP contribution < -0.4 is 5.32 Å². The molecule has 1 heterocycles. The van der Waals surface area contributed by atoms with Gasteiger partial charge < -0.3 is 9.88 Å². The van der Waals surface area contributed by atoms with Crippen LogP contribution >= 0.6 is 11.8 Å². The van der Waals surface area contributed by atoms with E-state index in [9.17, 15) is 0 Å². The van der Waals surface area contributed by atoms with Gasteiger partial charge in [-0.15, -0.1) is 0 Å². The van der Waals surface area contributed by atoms with Gasteiger partial charge in [0, 0.05) is 36.3 Å². The topological polar surface area (TPSA) is 17.0 Å². The summed E-state index contributed by atoms with van der Waals surface area (Å²) in [6, 6.07) is 4.41. The van der Waals surface area contributed by atoms with Gasteiger partial charge in [0.05, 0.1) is 0 Å². The Morgan fingerprint density at radius 2 is 2.11 bits per heavy atom. The number of aryl methyl sites for hydroxylation is 1. The fraction of sp³-hybridized carbons (Fsp3) is 0.750. The zero-order valence-corrected chi connectivity index (χ0v) is 13.3. The van der Waals surface area contributed by atoms with Crippen LogP contribution in [-0.4, -0.2) is 22.1 Å². The third-order valence-corrected chi connectivity index (χ3v) is 5.76. The first-order valence-electron chi connectivity index (χ1n) is 7.69. The lowest BCUT2D eigenvalue weighted by atomic mass is 9.88. The number of thioether (sulfide) groups is 1. The van der Waals surface area contributed by atoms with E-state index in [1.807, 2.05) is 0 Å². The first-order chi connectivity index (χ1) is 9.29. The second-order valence-electron chi connectivity index (χ2n) is 5.74. The largest absolute Gasteiger partial charge is 0.350 e. The summed E-state index contributed by atoms with van der Waals surface area (Å²) in [5.74, 6) is 0. The van der Waals surface area contributed by atoms with Crippen molar-refractivity contribution in [2.45, 2.75) is 63.3 Å². The van der Waals surface area contributed by atoms with E-state index in [2.05, 4.69) is 53.2 Å². The quantitative estimate of drug-likeness (QED) is 0.811. The number of hydrogen-bond acceptors (Lipinski definition) is 2. The summed E-state index contributed by atoms with van der Waals surface area (Å²) in [6.45, 7) is 5.54. The maximum absolute atomic E-state index is 3.71. The molecule has 1 N–H and O–H groups in total. The molecule has 1 aliphatic rings. The second kappa shape index (κ2) is 7.39. The molecular weight excluding hydrogens is 252 g/mol. The van der Waals surface area contributed by atoms with E-state index in [1.165, 1.54) is 44.2 Å². The lowest BCUT2D eigenvalue weighted by Gasteiger charge is -2.36. The smallest absolute Gasteiger partial charge is 0.0359 e. The van der Waals surface area contributed by atoms with E-state index in [1.54, 1.807) is 0 Å². The molecule has 2 rings (SSSR count). The van der Waals surface area contributed by atoms with E-state index in [0.29, 0.717) is 4.75 Å². The highest BCUT2D eigenvalue weighted by Crippen LogP contribution is 2.37. The molecule has 0 spiro atoms. The van der Waals surface area contributed by atoms with E-state index in [-0.39, 0.29) is 0 Å². The molecule has 19 heavy (non-hydrogen) atoms. The minimum Gasteiger partial charge on any atom is -0.350 e. The van der Waals surface area contributed by atoms with Gasteiger partial charge in [-0.25, -0.2) is 0 Å². The first-order valence-corrected chi connectivity index (χ1v) is 8.92. The van der Waals surface area contributed by atoms with Crippen LogP contribution in [-0.2, 0) is 13.1 Å². The second-order valence-corrected chi connectivity index (χ2v) is 7.02. The maximum atomic E-state index is 3.71. The Bertz CT molecular complexity index is 367. The highest BCUT2D eigenvalue weighted by molar-refractivity contribution is 8.00. The van der Waals surface area contributed by atoms with Crippen molar-refractivity contribution in [1.29, 1.82) is 0 Å². The molecule has 1 saturated carbocycles. The fourth-order valence-corrected chi connectivity index (χ4v) is 4.08. The van der Waals surface area contributed by atoms with Gasteiger partial charge in [0.1, 0.15) is 0 Å². The summed E-state index contributed by atoms with van der Waals surface area (Å²) in [7, 11) is 0. The lowest BCUT2D eigenvalue weighted by molar-refractivity contribution is 0.377. The van der Waals surface area contributed by atoms with E-state index in [4.69, 9.17) is 0 Å². The van der Waals surface area contributed by atoms with Crippen molar-refractivity contribution in [2.75, 3.05) is 12.8 Å². The van der Waals surface area contributed by atoms with Crippen molar-refractivity contribution in [1.82, 2.24) is 9.88 Å². The minimum absolute atomic E-state index is 0.500. The molecule has 0 bridgehead atoms.